The van der Waals surface area contributed by atoms with Gasteiger partial charge in [-0.25, -0.2) is 4.98 Å². The summed E-state index contributed by atoms with van der Waals surface area (Å²) < 4.78 is 0. The van der Waals surface area contributed by atoms with Crippen LogP contribution in [-0.2, 0) is 6.54 Å². The number of amides is 1. The molecule has 4 rings (SSSR count). The molecular weight excluding hydrogens is 368 g/mol. The van der Waals surface area contributed by atoms with E-state index in [-0.39, 0.29) is 5.91 Å². The van der Waals surface area contributed by atoms with Crippen LogP contribution >= 0.6 is 11.3 Å². The van der Waals surface area contributed by atoms with Crippen molar-refractivity contribution in [2.24, 2.45) is 0 Å². The van der Waals surface area contributed by atoms with Gasteiger partial charge in [0.2, 0.25) is 0 Å². The van der Waals surface area contributed by atoms with Gasteiger partial charge in [0.25, 0.3) is 5.91 Å². The Morgan fingerprint density at radius 3 is 2.57 bits per heavy atom. The topological polar surface area (TPSA) is 49.3 Å². The zero-order valence-corrected chi connectivity index (χ0v) is 17.1. The lowest BCUT2D eigenvalue weighted by atomic mass is 10.0. The third kappa shape index (κ3) is 4.29. The molecule has 1 amide bonds. The van der Waals surface area contributed by atoms with Gasteiger partial charge in [0.15, 0.2) is 0 Å². The van der Waals surface area contributed by atoms with Gasteiger partial charge in [-0.2, -0.15) is 0 Å². The van der Waals surface area contributed by atoms with Crippen LogP contribution in [0.15, 0.2) is 48.0 Å². The lowest BCUT2D eigenvalue weighted by Crippen LogP contribution is -2.48. The maximum Gasteiger partial charge on any atom is 0.253 e. The summed E-state index contributed by atoms with van der Waals surface area (Å²) in [4.78, 5) is 26.1. The minimum atomic E-state index is 0.108. The lowest BCUT2D eigenvalue weighted by molar-refractivity contribution is 0.0627. The van der Waals surface area contributed by atoms with E-state index < -0.39 is 0 Å². The average Bonchev–Trinajstić information content (AvgIpc) is 3.13. The zero-order chi connectivity index (χ0) is 19.5. The highest BCUT2D eigenvalue weighted by molar-refractivity contribution is 7.09. The Hall–Kier alpha value is -2.57. The second kappa shape index (κ2) is 8.20. The first-order valence-corrected chi connectivity index (χ1v) is 10.4. The van der Waals surface area contributed by atoms with E-state index in [2.05, 4.69) is 20.2 Å². The van der Waals surface area contributed by atoms with Crippen LogP contribution in [0.1, 0.15) is 26.8 Å². The summed E-state index contributed by atoms with van der Waals surface area (Å²) in [5.74, 6) is 0.108. The highest BCUT2D eigenvalue weighted by Gasteiger charge is 2.22. The second-order valence-corrected chi connectivity index (χ2v) is 8.26. The van der Waals surface area contributed by atoms with Crippen molar-refractivity contribution < 1.29 is 4.79 Å². The molecule has 6 heteroatoms. The number of carbonyl (C=O) groups excluding carboxylic acids is 1. The standard InChI is InChI=1S/C22H24N4OS/c1-16-12-19(6-7-23-16)18-4-3-5-20(13-18)22(27)26-10-8-25(9-11-26)14-21-15-28-17(2)24-21/h3-7,12-13,15H,8-11,14H2,1-2H3. The van der Waals surface area contributed by atoms with Gasteiger partial charge in [0.1, 0.15) is 0 Å². The van der Waals surface area contributed by atoms with E-state index in [0.29, 0.717) is 0 Å². The molecule has 144 valence electrons. The van der Waals surface area contributed by atoms with Gasteiger partial charge >= 0.3 is 0 Å². The van der Waals surface area contributed by atoms with Gasteiger partial charge in [-0.15, -0.1) is 11.3 Å². The molecule has 0 aliphatic carbocycles. The third-order valence-corrected chi connectivity index (χ3v) is 5.87. The van der Waals surface area contributed by atoms with Crippen molar-refractivity contribution in [1.82, 2.24) is 19.8 Å². The first kappa shape index (κ1) is 18.8. The predicted molar refractivity (Wildman–Crippen MR) is 112 cm³/mol. The molecule has 0 spiro atoms. The van der Waals surface area contributed by atoms with Crippen molar-refractivity contribution in [2.45, 2.75) is 20.4 Å². The monoisotopic (exact) mass is 392 g/mol. The molecule has 3 aromatic rings. The van der Waals surface area contributed by atoms with E-state index in [1.54, 1.807) is 11.3 Å². The van der Waals surface area contributed by atoms with Crippen LogP contribution in [0.4, 0.5) is 0 Å². The summed E-state index contributed by atoms with van der Waals surface area (Å²) in [6.07, 6.45) is 1.81. The van der Waals surface area contributed by atoms with Crippen molar-refractivity contribution in [3.8, 4) is 11.1 Å². The van der Waals surface area contributed by atoms with Gasteiger partial charge in [0.05, 0.1) is 10.7 Å². The molecule has 1 saturated heterocycles. The Morgan fingerprint density at radius 2 is 1.86 bits per heavy atom. The molecule has 28 heavy (non-hydrogen) atoms. The maximum absolute atomic E-state index is 13.0. The van der Waals surface area contributed by atoms with E-state index >= 15 is 0 Å². The molecule has 0 saturated carbocycles. The summed E-state index contributed by atoms with van der Waals surface area (Å²) in [6, 6.07) is 11.9. The first-order valence-electron chi connectivity index (χ1n) is 9.54. The van der Waals surface area contributed by atoms with Crippen molar-refractivity contribution in [3.63, 3.8) is 0 Å². The number of piperazine rings is 1. The second-order valence-electron chi connectivity index (χ2n) is 7.19. The van der Waals surface area contributed by atoms with Gasteiger partial charge in [0, 0.05) is 55.6 Å². The summed E-state index contributed by atoms with van der Waals surface area (Å²) >= 11 is 1.69. The van der Waals surface area contributed by atoms with Gasteiger partial charge in [-0.1, -0.05) is 12.1 Å². The third-order valence-electron chi connectivity index (χ3n) is 5.05. The number of pyridine rings is 1. The summed E-state index contributed by atoms with van der Waals surface area (Å²) in [5, 5.41) is 3.23. The number of benzene rings is 1. The van der Waals surface area contributed by atoms with Crippen LogP contribution in [-0.4, -0.2) is 51.9 Å². The number of aryl methyl sites for hydroxylation is 2. The van der Waals surface area contributed by atoms with Crippen LogP contribution in [0, 0.1) is 13.8 Å². The SMILES string of the molecule is Cc1cc(-c2cccc(C(=O)N3CCN(Cc4csc(C)n4)CC3)c2)ccn1. The molecular formula is C22H24N4OS. The molecule has 1 aliphatic rings. The Balaban J connectivity index is 1.41. The predicted octanol–water partition coefficient (Wildman–Crippen LogP) is 3.78. The maximum atomic E-state index is 13.0. The minimum absolute atomic E-state index is 0.108. The smallest absolute Gasteiger partial charge is 0.253 e. The number of carbonyl (C=O) groups is 1. The Morgan fingerprint density at radius 1 is 1.07 bits per heavy atom. The van der Waals surface area contributed by atoms with Crippen molar-refractivity contribution in [2.75, 3.05) is 26.2 Å². The van der Waals surface area contributed by atoms with Crippen LogP contribution in [0.3, 0.4) is 0 Å². The van der Waals surface area contributed by atoms with Crippen molar-refractivity contribution in [1.29, 1.82) is 0 Å². The van der Waals surface area contributed by atoms with Crippen LogP contribution < -0.4 is 0 Å². The molecule has 1 aliphatic heterocycles. The molecule has 5 nitrogen and oxygen atoms in total. The van der Waals surface area contributed by atoms with Crippen LogP contribution in [0.5, 0.6) is 0 Å². The largest absolute Gasteiger partial charge is 0.336 e. The van der Waals surface area contributed by atoms with Gasteiger partial charge in [-0.3, -0.25) is 14.7 Å². The summed E-state index contributed by atoms with van der Waals surface area (Å²) in [5.41, 5.74) is 4.98. The number of aromatic nitrogens is 2. The normalized spacial score (nSPS) is 15.0. The molecule has 3 heterocycles. The summed E-state index contributed by atoms with van der Waals surface area (Å²) in [6.45, 7) is 8.14. The van der Waals surface area contributed by atoms with E-state index in [1.165, 1.54) is 0 Å². The zero-order valence-electron chi connectivity index (χ0n) is 16.3. The Labute approximate surface area is 169 Å². The molecule has 0 radical (unpaired) electrons. The van der Waals surface area contributed by atoms with E-state index in [0.717, 1.165) is 65.8 Å². The molecule has 0 bridgehead atoms. The van der Waals surface area contributed by atoms with Crippen LogP contribution in [0.2, 0.25) is 0 Å². The Kier molecular flexibility index (Phi) is 5.50. The number of nitrogens with zero attached hydrogens (tertiary/aromatic N) is 4. The highest BCUT2D eigenvalue weighted by Crippen LogP contribution is 2.22. The Bertz CT molecular complexity index is 976. The minimum Gasteiger partial charge on any atom is -0.336 e. The van der Waals surface area contributed by atoms with Crippen molar-refractivity contribution >= 4 is 17.2 Å². The van der Waals surface area contributed by atoms with E-state index in [4.69, 9.17) is 0 Å². The fraction of sp³-hybridized carbons (Fsp3) is 0.318. The highest BCUT2D eigenvalue weighted by atomic mass is 32.1. The number of hydrogen-bond acceptors (Lipinski definition) is 5. The average molecular weight is 393 g/mol. The van der Waals surface area contributed by atoms with Crippen LogP contribution in [0.25, 0.3) is 11.1 Å². The van der Waals surface area contributed by atoms with E-state index in [9.17, 15) is 4.79 Å². The molecule has 0 N–H and O–H groups in total. The molecule has 0 atom stereocenters. The molecule has 1 aromatic carbocycles. The first-order chi connectivity index (χ1) is 13.6. The number of hydrogen-bond donors (Lipinski definition) is 0. The number of thiazole rings is 1. The fourth-order valence-electron chi connectivity index (χ4n) is 3.56. The number of rotatable bonds is 4. The molecule has 2 aromatic heterocycles. The van der Waals surface area contributed by atoms with Gasteiger partial charge < -0.3 is 4.90 Å². The summed E-state index contributed by atoms with van der Waals surface area (Å²) in [7, 11) is 0. The molecule has 1 fully saturated rings. The van der Waals surface area contributed by atoms with Crippen molar-refractivity contribution in [3.05, 3.63) is 69.9 Å². The lowest BCUT2D eigenvalue weighted by Gasteiger charge is -2.34. The fourth-order valence-corrected chi connectivity index (χ4v) is 4.16. The van der Waals surface area contributed by atoms with Gasteiger partial charge in [-0.05, 0) is 49.2 Å². The van der Waals surface area contributed by atoms with E-state index in [1.807, 2.05) is 61.3 Å². The quantitative estimate of drug-likeness (QED) is 0.678. The molecule has 0 unspecified atom stereocenters.